The lowest BCUT2D eigenvalue weighted by atomic mass is 10.2. The van der Waals surface area contributed by atoms with E-state index in [1.807, 2.05) is 13.0 Å². The molecular weight excluding hydrogens is 478 g/mol. The molecule has 0 aliphatic carbocycles. The molecule has 34 heavy (non-hydrogen) atoms. The maximum absolute atomic E-state index is 13.1. The van der Waals surface area contributed by atoms with Crippen LogP contribution in [-0.4, -0.2) is 36.0 Å². The van der Waals surface area contributed by atoms with Crippen LogP contribution in [0.4, 0.5) is 0 Å². The molecule has 0 bridgehead atoms. The van der Waals surface area contributed by atoms with Crippen molar-refractivity contribution in [3.05, 3.63) is 89.2 Å². The minimum atomic E-state index is -3.59. The summed E-state index contributed by atoms with van der Waals surface area (Å²) in [4.78, 5) is 14.8. The number of hydrogen-bond acceptors (Lipinski definition) is 7. The molecule has 8 nitrogen and oxygen atoms in total. The van der Waals surface area contributed by atoms with Crippen molar-refractivity contribution in [1.82, 2.24) is 15.1 Å². The summed E-state index contributed by atoms with van der Waals surface area (Å²) in [7, 11) is -3.59. The molecule has 176 valence electrons. The van der Waals surface area contributed by atoms with Gasteiger partial charge in [0.2, 0.25) is 11.8 Å². The van der Waals surface area contributed by atoms with E-state index in [4.69, 9.17) is 20.4 Å². The van der Waals surface area contributed by atoms with Crippen LogP contribution in [0.15, 0.2) is 80.5 Å². The van der Waals surface area contributed by atoms with Crippen molar-refractivity contribution >= 4 is 27.3 Å². The average molecular weight is 500 g/mol. The Morgan fingerprint density at radius 1 is 0.971 bits per heavy atom. The summed E-state index contributed by atoms with van der Waals surface area (Å²) in [6.07, 6.45) is 0.688. The summed E-state index contributed by atoms with van der Waals surface area (Å²) in [5.41, 5.74) is 0.603. The van der Waals surface area contributed by atoms with Gasteiger partial charge in [-0.2, -0.15) is 0 Å². The van der Waals surface area contributed by atoms with Crippen LogP contribution in [0.5, 0.6) is 0 Å². The Hall–Kier alpha value is -3.43. The number of benzene rings is 2. The van der Waals surface area contributed by atoms with Crippen molar-refractivity contribution in [2.75, 3.05) is 6.54 Å². The third kappa shape index (κ3) is 5.37. The van der Waals surface area contributed by atoms with Crippen LogP contribution < -0.4 is 0 Å². The number of amides is 1. The first-order valence-electron chi connectivity index (χ1n) is 10.6. The van der Waals surface area contributed by atoms with Gasteiger partial charge in [0.05, 0.1) is 22.0 Å². The van der Waals surface area contributed by atoms with Gasteiger partial charge in [0, 0.05) is 6.54 Å². The average Bonchev–Trinajstić information content (AvgIpc) is 3.49. The smallest absolute Gasteiger partial charge is 0.290 e. The molecule has 1 amide bonds. The molecule has 2 heterocycles. The summed E-state index contributed by atoms with van der Waals surface area (Å²) in [6, 6.07) is 18.2. The Balaban J connectivity index is 1.49. The van der Waals surface area contributed by atoms with Crippen LogP contribution in [0.2, 0.25) is 5.02 Å². The molecule has 0 unspecified atom stereocenters. The third-order valence-electron chi connectivity index (χ3n) is 4.99. The van der Waals surface area contributed by atoms with Gasteiger partial charge in [-0.3, -0.25) is 4.79 Å². The van der Waals surface area contributed by atoms with Gasteiger partial charge in [-0.1, -0.05) is 48.9 Å². The first kappa shape index (κ1) is 23.7. The van der Waals surface area contributed by atoms with E-state index in [1.54, 1.807) is 36.4 Å². The number of halogens is 1. The topological polar surface area (TPSA) is 107 Å². The van der Waals surface area contributed by atoms with E-state index in [2.05, 4.69) is 10.2 Å². The number of furan rings is 1. The van der Waals surface area contributed by atoms with Gasteiger partial charge in [0.25, 0.3) is 5.91 Å². The highest BCUT2D eigenvalue weighted by molar-refractivity contribution is 7.90. The third-order valence-corrected chi connectivity index (χ3v) is 6.97. The Morgan fingerprint density at radius 2 is 1.71 bits per heavy atom. The second-order valence-corrected chi connectivity index (χ2v) is 9.94. The zero-order valence-corrected chi connectivity index (χ0v) is 19.9. The van der Waals surface area contributed by atoms with Crippen molar-refractivity contribution in [3.63, 3.8) is 0 Å². The number of carbonyl (C=O) groups is 1. The molecule has 0 aliphatic heterocycles. The van der Waals surface area contributed by atoms with Crippen LogP contribution in [0, 0.1) is 0 Å². The second-order valence-electron chi connectivity index (χ2n) is 7.55. The Morgan fingerprint density at radius 3 is 2.44 bits per heavy atom. The molecule has 2 aromatic carbocycles. The largest absolute Gasteiger partial charge is 0.455 e. The van der Waals surface area contributed by atoms with Crippen LogP contribution in [0.25, 0.3) is 11.5 Å². The fraction of sp³-hybridized carbons (Fsp3) is 0.208. The van der Waals surface area contributed by atoms with Gasteiger partial charge in [-0.25, -0.2) is 8.42 Å². The van der Waals surface area contributed by atoms with Crippen LogP contribution in [0.1, 0.15) is 35.6 Å². The highest BCUT2D eigenvalue weighted by Gasteiger charge is 2.24. The van der Waals surface area contributed by atoms with E-state index in [-0.39, 0.29) is 40.5 Å². The summed E-state index contributed by atoms with van der Waals surface area (Å²) in [5, 5.41) is 8.56. The molecule has 0 atom stereocenters. The van der Waals surface area contributed by atoms with E-state index in [1.165, 1.54) is 29.2 Å². The lowest BCUT2D eigenvalue weighted by Crippen LogP contribution is -2.31. The first-order chi connectivity index (χ1) is 16.4. The maximum atomic E-state index is 13.1. The molecule has 0 N–H and O–H groups in total. The summed E-state index contributed by atoms with van der Waals surface area (Å²) in [5.74, 6) is -0.0168. The Labute approximate surface area is 202 Å². The number of hydrogen-bond donors (Lipinski definition) is 0. The Kier molecular flexibility index (Phi) is 7.14. The van der Waals surface area contributed by atoms with Crippen molar-refractivity contribution in [2.45, 2.75) is 30.5 Å². The van der Waals surface area contributed by atoms with Crippen molar-refractivity contribution in [2.24, 2.45) is 0 Å². The molecule has 10 heteroatoms. The zero-order chi connectivity index (χ0) is 24.1. The number of sulfone groups is 1. The molecule has 0 saturated heterocycles. The molecule has 4 aromatic rings. The molecule has 4 rings (SSSR count). The van der Waals surface area contributed by atoms with E-state index in [9.17, 15) is 13.2 Å². The van der Waals surface area contributed by atoms with E-state index >= 15 is 0 Å². The van der Waals surface area contributed by atoms with Gasteiger partial charge in [0.1, 0.15) is 11.5 Å². The quantitative estimate of drug-likeness (QED) is 0.318. The second kappa shape index (κ2) is 10.2. The minimum absolute atomic E-state index is 0.0394. The van der Waals surface area contributed by atoms with E-state index in [0.717, 1.165) is 0 Å². The predicted octanol–water partition coefficient (Wildman–Crippen LogP) is 5.01. The van der Waals surface area contributed by atoms with Crippen molar-refractivity contribution < 1.29 is 22.0 Å². The normalized spacial score (nSPS) is 11.5. The monoisotopic (exact) mass is 499 g/mol. The standard InChI is InChI=1S/C24H22ClN3O5S/c1-2-14-28(15-22-26-27-23(33-22)19-10-6-7-11-20(19)25)24(29)21-13-12-17(32-21)16-34(30,31)18-8-4-3-5-9-18/h3-13H,2,14-16H2,1H3. The van der Waals surface area contributed by atoms with Crippen LogP contribution in [-0.2, 0) is 22.1 Å². The van der Waals surface area contributed by atoms with E-state index < -0.39 is 15.7 Å². The number of nitrogens with zero attached hydrogens (tertiary/aromatic N) is 3. The van der Waals surface area contributed by atoms with Crippen molar-refractivity contribution in [3.8, 4) is 11.5 Å². The van der Waals surface area contributed by atoms with Gasteiger partial charge >= 0.3 is 0 Å². The highest BCUT2D eigenvalue weighted by Crippen LogP contribution is 2.27. The fourth-order valence-electron chi connectivity index (χ4n) is 3.37. The van der Waals surface area contributed by atoms with Gasteiger partial charge < -0.3 is 13.7 Å². The van der Waals surface area contributed by atoms with Crippen LogP contribution in [0.3, 0.4) is 0 Å². The number of carbonyl (C=O) groups excluding carboxylic acids is 1. The molecule has 2 aromatic heterocycles. The van der Waals surface area contributed by atoms with Gasteiger partial charge in [-0.05, 0) is 42.8 Å². The fourth-order valence-corrected chi connectivity index (χ4v) is 4.86. The summed E-state index contributed by atoms with van der Waals surface area (Å²) >= 11 is 6.19. The number of rotatable bonds is 9. The highest BCUT2D eigenvalue weighted by atomic mass is 35.5. The minimum Gasteiger partial charge on any atom is -0.455 e. The summed E-state index contributed by atoms with van der Waals surface area (Å²) < 4.78 is 36.5. The molecular formula is C24H22ClN3O5S. The molecule has 0 fully saturated rings. The first-order valence-corrected chi connectivity index (χ1v) is 12.6. The zero-order valence-electron chi connectivity index (χ0n) is 18.3. The molecule has 0 saturated carbocycles. The number of aromatic nitrogens is 2. The van der Waals surface area contributed by atoms with Gasteiger partial charge in [-0.15, -0.1) is 10.2 Å². The van der Waals surface area contributed by atoms with E-state index in [0.29, 0.717) is 23.6 Å². The summed E-state index contributed by atoms with van der Waals surface area (Å²) in [6.45, 7) is 2.42. The molecule has 0 aliphatic rings. The lowest BCUT2D eigenvalue weighted by molar-refractivity contribution is 0.0695. The Bertz CT molecular complexity index is 1380. The van der Waals surface area contributed by atoms with Crippen molar-refractivity contribution in [1.29, 1.82) is 0 Å². The molecule has 0 radical (unpaired) electrons. The predicted molar refractivity (Wildman–Crippen MR) is 126 cm³/mol. The lowest BCUT2D eigenvalue weighted by Gasteiger charge is -2.18. The van der Waals surface area contributed by atoms with Gasteiger partial charge in [0.15, 0.2) is 15.6 Å². The molecule has 0 spiro atoms. The maximum Gasteiger partial charge on any atom is 0.290 e. The SMILES string of the molecule is CCCN(Cc1nnc(-c2ccccc2Cl)o1)C(=O)c1ccc(CS(=O)(=O)c2ccccc2)o1. The van der Waals surface area contributed by atoms with Crippen LogP contribution >= 0.6 is 11.6 Å².